The molecule has 1 aliphatic rings. The zero-order valence-corrected chi connectivity index (χ0v) is 12.2. The summed E-state index contributed by atoms with van der Waals surface area (Å²) in [5.74, 6) is 7.92. The van der Waals surface area contributed by atoms with E-state index in [0.717, 1.165) is 29.3 Å². The van der Waals surface area contributed by atoms with Gasteiger partial charge in [-0.25, -0.2) is 15.8 Å². The van der Waals surface area contributed by atoms with Crippen LogP contribution in [0.3, 0.4) is 0 Å². The van der Waals surface area contributed by atoms with E-state index in [-0.39, 0.29) is 0 Å². The summed E-state index contributed by atoms with van der Waals surface area (Å²) in [5.41, 5.74) is 4.95. The maximum Gasteiger partial charge on any atom is 0.147 e. The standard InChI is InChI=1S/C15H26N4/c1-3-13-11(2)17-14(18-15(13)19-16)12-9-7-5-4-6-8-10-12/h12H,3-10,16H2,1-2H3,(H,17,18,19). The highest BCUT2D eigenvalue weighted by molar-refractivity contribution is 5.45. The van der Waals surface area contributed by atoms with Gasteiger partial charge in [-0.3, -0.25) is 0 Å². The molecule has 0 aliphatic heterocycles. The van der Waals surface area contributed by atoms with Gasteiger partial charge in [0.1, 0.15) is 11.6 Å². The number of hydrogen-bond acceptors (Lipinski definition) is 4. The first-order chi connectivity index (χ1) is 9.26. The number of aryl methyl sites for hydroxylation is 1. The molecule has 1 aromatic heterocycles. The van der Waals surface area contributed by atoms with Gasteiger partial charge in [0.2, 0.25) is 0 Å². The van der Waals surface area contributed by atoms with Crippen LogP contribution in [0.1, 0.15) is 74.9 Å². The number of nitrogens with zero attached hydrogens (tertiary/aromatic N) is 2. The molecule has 4 nitrogen and oxygen atoms in total. The molecule has 0 amide bonds. The van der Waals surface area contributed by atoms with Crippen LogP contribution >= 0.6 is 0 Å². The van der Waals surface area contributed by atoms with Gasteiger partial charge in [0.05, 0.1) is 0 Å². The molecule has 2 rings (SSSR count). The Bertz CT molecular complexity index is 409. The molecule has 0 bridgehead atoms. The number of hydrazine groups is 1. The summed E-state index contributed by atoms with van der Waals surface area (Å²) in [4.78, 5) is 9.41. The second kappa shape index (κ2) is 6.85. The third-order valence-electron chi connectivity index (χ3n) is 4.19. The van der Waals surface area contributed by atoms with E-state index in [1.54, 1.807) is 0 Å². The van der Waals surface area contributed by atoms with Crippen molar-refractivity contribution in [2.24, 2.45) is 5.84 Å². The average Bonchev–Trinajstić information content (AvgIpc) is 2.37. The minimum atomic E-state index is 0.511. The Morgan fingerprint density at radius 2 is 1.74 bits per heavy atom. The second-order valence-electron chi connectivity index (χ2n) is 5.53. The first-order valence-corrected chi connectivity index (χ1v) is 7.60. The van der Waals surface area contributed by atoms with Crippen LogP contribution < -0.4 is 11.3 Å². The monoisotopic (exact) mass is 262 g/mol. The number of anilines is 1. The molecular weight excluding hydrogens is 236 g/mol. The van der Waals surface area contributed by atoms with Crippen LogP contribution in [-0.2, 0) is 6.42 Å². The molecule has 1 aromatic rings. The minimum absolute atomic E-state index is 0.511. The Kier molecular flexibility index (Phi) is 5.14. The third kappa shape index (κ3) is 3.44. The molecule has 0 aromatic carbocycles. The maximum atomic E-state index is 5.61. The van der Waals surface area contributed by atoms with Gasteiger partial charge in [-0.1, -0.05) is 39.0 Å². The fourth-order valence-electron chi connectivity index (χ4n) is 3.06. The van der Waals surface area contributed by atoms with Gasteiger partial charge >= 0.3 is 0 Å². The van der Waals surface area contributed by atoms with Crippen LogP contribution in [-0.4, -0.2) is 9.97 Å². The SMILES string of the molecule is CCc1c(C)nc(C2CCCCCCC2)nc1NN. The number of nitrogens with two attached hydrogens (primary N) is 1. The van der Waals surface area contributed by atoms with Crippen molar-refractivity contribution in [1.29, 1.82) is 0 Å². The van der Waals surface area contributed by atoms with Gasteiger partial charge in [0, 0.05) is 17.2 Å². The lowest BCUT2D eigenvalue weighted by Gasteiger charge is -2.20. The summed E-state index contributed by atoms with van der Waals surface area (Å²) in [6.45, 7) is 4.18. The molecule has 0 saturated heterocycles. The summed E-state index contributed by atoms with van der Waals surface area (Å²) >= 11 is 0. The fourth-order valence-corrected chi connectivity index (χ4v) is 3.06. The van der Waals surface area contributed by atoms with Crippen molar-refractivity contribution in [2.75, 3.05) is 5.43 Å². The highest BCUT2D eigenvalue weighted by atomic mass is 15.3. The predicted octanol–water partition coefficient (Wildman–Crippen LogP) is 3.46. The van der Waals surface area contributed by atoms with Gasteiger partial charge in [-0.2, -0.15) is 0 Å². The van der Waals surface area contributed by atoms with Crippen LogP contribution in [0, 0.1) is 6.92 Å². The van der Waals surface area contributed by atoms with E-state index >= 15 is 0 Å². The minimum Gasteiger partial charge on any atom is -0.308 e. The zero-order valence-electron chi connectivity index (χ0n) is 12.2. The predicted molar refractivity (Wildman–Crippen MR) is 79.0 cm³/mol. The Morgan fingerprint density at radius 3 is 2.32 bits per heavy atom. The number of nitrogens with one attached hydrogen (secondary N) is 1. The van der Waals surface area contributed by atoms with Gasteiger partial charge in [0.15, 0.2) is 0 Å². The molecule has 0 spiro atoms. The van der Waals surface area contributed by atoms with Gasteiger partial charge in [0.25, 0.3) is 0 Å². The van der Waals surface area contributed by atoms with Crippen LogP contribution in [0.4, 0.5) is 5.82 Å². The van der Waals surface area contributed by atoms with E-state index in [1.165, 1.54) is 44.9 Å². The van der Waals surface area contributed by atoms with Crippen molar-refractivity contribution in [3.8, 4) is 0 Å². The molecular formula is C15H26N4. The van der Waals surface area contributed by atoms with E-state index in [1.807, 2.05) is 0 Å². The van der Waals surface area contributed by atoms with E-state index in [9.17, 15) is 0 Å². The number of nitrogen functional groups attached to an aromatic ring is 1. The summed E-state index contributed by atoms with van der Waals surface area (Å²) in [5, 5.41) is 0. The summed E-state index contributed by atoms with van der Waals surface area (Å²) < 4.78 is 0. The van der Waals surface area contributed by atoms with Crippen LogP contribution in [0.15, 0.2) is 0 Å². The van der Waals surface area contributed by atoms with E-state index in [2.05, 4.69) is 24.3 Å². The van der Waals surface area contributed by atoms with E-state index in [4.69, 9.17) is 10.8 Å². The normalized spacial score (nSPS) is 17.8. The highest BCUT2D eigenvalue weighted by Gasteiger charge is 2.19. The Labute approximate surface area is 116 Å². The van der Waals surface area contributed by atoms with Crippen LogP contribution in [0.25, 0.3) is 0 Å². The van der Waals surface area contributed by atoms with E-state index < -0.39 is 0 Å². The molecule has 1 saturated carbocycles. The molecule has 0 radical (unpaired) electrons. The molecule has 0 unspecified atom stereocenters. The summed E-state index contributed by atoms with van der Waals surface area (Å²) in [6, 6.07) is 0. The molecule has 4 heteroatoms. The highest BCUT2D eigenvalue weighted by Crippen LogP contribution is 2.30. The Balaban J connectivity index is 2.25. The van der Waals surface area contributed by atoms with Crippen molar-refractivity contribution in [3.63, 3.8) is 0 Å². The number of aromatic nitrogens is 2. The molecule has 1 heterocycles. The van der Waals surface area contributed by atoms with Crippen molar-refractivity contribution >= 4 is 5.82 Å². The molecule has 3 N–H and O–H groups in total. The van der Waals surface area contributed by atoms with Crippen LogP contribution in [0.2, 0.25) is 0 Å². The second-order valence-corrected chi connectivity index (χ2v) is 5.53. The Hall–Kier alpha value is -1.16. The third-order valence-corrected chi connectivity index (χ3v) is 4.19. The Morgan fingerprint density at radius 1 is 1.11 bits per heavy atom. The lowest BCUT2D eigenvalue weighted by atomic mass is 9.90. The first-order valence-electron chi connectivity index (χ1n) is 7.60. The van der Waals surface area contributed by atoms with Crippen molar-refractivity contribution in [3.05, 3.63) is 17.1 Å². The lowest BCUT2D eigenvalue weighted by molar-refractivity contribution is 0.442. The van der Waals surface area contributed by atoms with Gasteiger partial charge < -0.3 is 5.43 Å². The molecule has 106 valence electrons. The van der Waals surface area contributed by atoms with Crippen molar-refractivity contribution in [1.82, 2.24) is 9.97 Å². The topological polar surface area (TPSA) is 63.8 Å². The number of rotatable bonds is 3. The van der Waals surface area contributed by atoms with Crippen molar-refractivity contribution in [2.45, 2.75) is 71.1 Å². The summed E-state index contributed by atoms with van der Waals surface area (Å²) in [6.07, 6.45) is 10.0. The summed E-state index contributed by atoms with van der Waals surface area (Å²) in [7, 11) is 0. The van der Waals surface area contributed by atoms with Gasteiger partial charge in [-0.05, 0) is 26.2 Å². The fraction of sp³-hybridized carbons (Fsp3) is 0.733. The smallest absolute Gasteiger partial charge is 0.147 e. The van der Waals surface area contributed by atoms with E-state index in [0.29, 0.717) is 5.92 Å². The molecule has 1 fully saturated rings. The maximum absolute atomic E-state index is 5.61. The molecule has 19 heavy (non-hydrogen) atoms. The van der Waals surface area contributed by atoms with Gasteiger partial charge in [-0.15, -0.1) is 0 Å². The van der Waals surface area contributed by atoms with Crippen molar-refractivity contribution < 1.29 is 0 Å². The largest absolute Gasteiger partial charge is 0.308 e. The lowest BCUT2D eigenvalue weighted by Crippen LogP contribution is -2.16. The first kappa shape index (κ1) is 14.3. The zero-order chi connectivity index (χ0) is 13.7. The van der Waals surface area contributed by atoms with Crippen LogP contribution in [0.5, 0.6) is 0 Å². The quantitative estimate of drug-likeness (QED) is 0.647. The molecule has 0 atom stereocenters. The number of hydrogen-bond donors (Lipinski definition) is 2. The average molecular weight is 262 g/mol. The molecule has 1 aliphatic carbocycles.